The maximum atomic E-state index is 14.4. The number of hydrogen-bond donors (Lipinski definition) is 3. The van der Waals surface area contributed by atoms with Crippen LogP contribution in [-0.4, -0.2) is 53.5 Å². The number of nitrogens with two attached hydrogens (primary N) is 1. The van der Waals surface area contributed by atoms with Gasteiger partial charge in [-0.15, -0.1) is 0 Å². The van der Waals surface area contributed by atoms with Gasteiger partial charge in [0.15, 0.2) is 0 Å². The van der Waals surface area contributed by atoms with Gasteiger partial charge in [-0.2, -0.15) is 0 Å². The van der Waals surface area contributed by atoms with E-state index >= 15 is 0 Å². The SMILES string of the molecule is CC(C)OC1CC2C(CC1F)NNC2c1cc(N2CC[C@@H](N)C2)ncn1. The smallest absolute Gasteiger partial charge is 0.132 e. The van der Waals surface area contributed by atoms with Gasteiger partial charge in [-0.1, -0.05) is 0 Å². The molecule has 7 nitrogen and oxygen atoms in total. The van der Waals surface area contributed by atoms with Gasteiger partial charge in [-0.3, -0.25) is 5.43 Å². The van der Waals surface area contributed by atoms with E-state index in [0.29, 0.717) is 12.8 Å². The van der Waals surface area contributed by atoms with E-state index in [0.717, 1.165) is 31.0 Å². The van der Waals surface area contributed by atoms with Gasteiger partial charge in [0, 0.05) is 37.2 Å². The highest BCUT2D eigenvalue weighted by Crippen LogP contribution is 2.40. The van der Waals surface area contributed by atoms with Crippen LogP contribution in [0.15, 0.2) is 12.4 Å². The zero-order chi connectivity index (χ0) is 18.3. The van der Waals surface area contributed by atoms with Gasteiger partial charge in [0.1, 0.15) is 18.3 Å². The van der Waals surface area contributed by atoms with Crippen LogP contribution in [0.5, 0.6) is 0 Å². The van der Waals surface area contributed by atoms with Crippen LogP contribution >= 0.6 is 0 Å². The van der Waals surface area contributed by atoms with Crippen molar-refractivity contribution in [3.05, 3.63) is 18.1 Å². The quantitative estimate of drug-likeness (QED) is 0.737. The molecule has 1 saturated carbocycles. The molecule has 1 aliphatic carbocycles. The van der Waals surface area contributed by atoms with Gasteiger partial charge >= 0.3 is 0 Å². The summed E-state index contributed by atoms with van der Waals surface area (Å²) in [5.41, 5.74) is 13.6. The van der Waals surface area contributed by atoms with Crippen LogP contribution in [-0.2, 0) is 4.74 Å². The van der Waals surface area contributed by atoms with Gasteiger partial charge in [-0.05, 0) is 33.1 Å². The van der Waals surface area contributed by atoms with Crippen LogP contribution in [0.25, 0.3) is 0 Å². The van der Waals surface area contributed by atoms with E-state index in [1.807, 2.05) is 19.9 Å². The average molecular weight is 364 g/mol. The number of aromatic nitrogens is 2. The van der Waals surface area contributed by atoms with E-state index < -0.39 is 6.17 Å². The monoisotopic (exact) mass is 364 g/mol. The van der Waals surface area contributed by atoms with Crippen molar-refractivity contribution in [3.63, 3.8) is 0 Å². The fraction of sp³-hybridized carbons (Fsp3) is 0.778. The van der Waals surface area contributed by atoms with Crippen LogP contribution in [0.2, 0.25) is 0 Å². The van der Waals surface area contributed by atoms with Crippen LogP contribution in [0.3, 0.4) is 0 Å². The summed E-state index contributed by atoms with van der Waals surface area (Å²) in [7, 11) is 0. The zero-order valence-electron chi connectivity index (χ0n) is 15.4. The van der Waals surface area contributed by atoms with Gasteiger partial charge in [0.25, 0.3) is 0 Å². The molecular formula is C18H29FN6O. The van der Waals surface area contributed by atoms with Crippen molar-refractivity contribution in [1.29, 1.82) is 0 Å². The summed E-state index contributed by atoms with van der Waals surface area (Å²) in [6.45, 7) is 5.67. The molecule has 144 valence electrons. The summed E-state index contributed by atoms with van der Waals surface area (Å²) in [5, 5.41) is 0. The van der Waals surface area contributed by atoms with E-state index in [-0.39, 0.29) is 36.3 Å². The van der Waals surface area contributed by atoms with E-state index in [1.54, 1.807) is 6.33 Å². The number of alkyl halides is 1. The molecule has 3 fully saturated rings. The largest absolute Gasteiger partial charge is 0.373 e. The lowest BCUT2D eigenvalue weighted by Gasteiger charge is -2.36. The summed E-state index contributed by atoms with van der Waals surface area (Å²) < 4.78 is 20.3. The Kier molecular flexibility index (Phi) is 5.09. The number of rotatable bonds is 4. The number of ether oxygens (including phenoxy) is 1. The minimum Gasteiger partial charge on any atom is -0.373 e. The number of fused-ring (bicyclic) bond motifs is 1. The maximum Gasteiger partial charge on any atom is 0.132 e. The third-order valence-corrected chi connectivity index (χ3v) is 5.74. The molecule has 0 radical (unpaired) electrons. The lowest BCUT2D eigenvalue weighted by Crippen LogP contribution is -2.44. The molecule has 0 spiro atoms. The second kappa shape index (κ2) is 7.34. The molecule has 0 bridgehead atoms. The summed E-state index contributed by atoms with van der Waals surface area (Å²) >= 11 is 0. The highest BCUT2D eigenvalue weighted by molar-refractivity contribution is 5.41. The fourth-order valence-corrected chi connectivity index (χ4v) is 4.47. The van der Waals surface area contributed by atoms with Crippen molar-refractivity contribution in [1.82, 2.24) is 20.8 Å². The van der Waals surface area contributed by atoms with Crippen molar-refractivity contribution < 1.29 is 9.13 Å². The summed E-state index contributed by atoms with van der Waals surface area (Å²) in [6.07, 6.45) is 2.50. The summed E-state index contributed by atoms with van der Waals surface area (Å²) in [6, 6.07) is 2.38. The first-order chi connectivity index (χ1) is 12.5. The second-order valence-electron chi connectivity index (χ2n) is 8.04. The minimum absolute atomic E-state index is 0.0283. The molecule has 8 heteroatoms. The van der Waals surface area contributed by atoms with Crippen molar-refractivity contribution in [2.75, 3.05) is 18.0 Å². The Morgan fingerprint density at radius 3 is 2.88 bits per heavy atom. The molecule has 1 aromatic heterocycles. The standard InChI is InChI=1S/C18H29FN6O/c1-10(2)26-16-5-12-14(6-13(16)19)23-24-18(12)15-7-17(22-9-21-15)25-4-3-11(20)8-25/h7,9-14,16,18,23-24H,3-6,8,20H2,1-2H3/t11-,12?,13?,14?,16?,18?/m1/s1. The van der Waals surface area contributed by atoms with Gasteiger partial charge in [-0.25, -0.2) is 19.8 Å². The highest BCUT2D eigenvalue weighted by atomic mass is 19.1. The number of nitrogens with one attached hydrogen (secondary N) is 2. The summed E-state index contributed by atoms with van der Waals surface area (Å²) in [5.74, 6) is 1.16. The van der Waals surface area contributed by atoms with Crippen molar-refractivity contribution in [2.24, 2.45) is 11.7 Å². The lowest BCUT2D eigenvalue weighted by molar-refractivity contribution is -0.0708. The molecule has 0 amide bonds. The Bertz CT molecular complexity index is 631. The Labute approximate surface area is 153 Å². The van der Waals surface area contributed by atoms with Crippen molar-refractivity contribution in [3.8, 4) is 0 Å². The molecule has 6 atom stereocenters. The first kappa shape index (κ1) is 18.0. The normalized spacial score (nSPS) is 37.3. The number of anilines is 1. The fourth-order valence-electron chi connectivity index (χ4n) is 4.47. The van der Waals surface area contributed by atoms with Crippen molar-refractivity contribution in [2.45, 2.75) is 69.6 Å². The number of hydrogen-bond acceptors (Lipinski definition) is 7. The molecule has 2 aliphatic heterocycles. The Balaban J connectivity index is 1.51. The molecule has 5 unspecified atom stereocenters. The molecular weight excluding hydrogens is 335 g/mol. The van der Waals surface area contributed by atoms with E-state index in [1.165, 1.54) is 0 Å². The van der Waals surface area contributed by atoms with Crippen molar-refractivity contribution >= 4 is 5.82 Å². The Morgan fingerprint density at radius 1 is 1.31 bits per heavy atom. The molecule has 2 saturated heterocycles. The molecule has 3 heterocycles. The van der Waals surface area contributed by atoms with Gasteiger partial charge < -0.3 is 15.4 Å². The highest BCUT2D eigenvalue weighted by Gasteiger charge is 2.46. The maximum absolute atomic E-state index is 14.4. The van der Waals surface area contributed by atoms with Crippen LogP contribution < -0.4 is 21.5 Å². The van der Waals surface area contributed by atoms with E-state index in [2.05, 4.69) is 25.7 Å². The molecule has 4 rings (SSSR count). The predicted molar refractivity (Wildman–Crippen MR) is 97.3 cm³/mol. The van der Waals surface area contributed by atoms with Crippen LogP contribution in [0.4, 0.5) is 10.2 Å². The molecule has 1 aromatic rings. The van der Waals surface area contributed by atoms with Gasteiger partial charge in [0.2, 0.25) is 0 Å². The zero-order valence-corrected chi connectivity index (χ0v) is 15.4. The second-order valence-corrected chi connectivity index (χ2v) is 8.04. The Morgan fingerprint density at radius 2 is 2.15 bits per heavy atom. The van der Waals surface area contributed by atoms with Gasteiger partial charge in [0.05, 0.1) is 23.9 Å². The van der Waals surface area contributed by atoms with Crippen LogP contribution in [0, 0.1) is 5.92 Å². The molecule has 26 heavy (non-hydrogen) atoms. The first-order valence-corrected chi connectivity index (χ1v) is 9.64. The Hall–Kier alpha value is -1.35. The topological polar surface area (TPSA) is 88.3 Å². The lowest BCUT2D eigenvalue weighted by atomic mass is 9.78. The molecule has 3 aliphatic rings. The number of hydrazine groups is 1. The average Bonchev–Trinajstić information content (AvgIpc) is 3.21. The summed E-state index contributed by atoms with van der Waals surface area (Å²) in [4.78, 5) is 11.1. The third-order valence-electron chi connectivity index (χ3n) is 5.74. The number of halogens is 1. The predicted octanol–water partition coefficient (Wildman–Crippen LogP) is 1.07. The molecule has 0 aromatic carbocycles. The minimum atomic E-state index is -0.932. The van der Waals surface area contributed by atoms with E-state index in [4.69, 9.17) is 10.5 Å². The van der Waals surface area contributed by atoms with Crippen LogP contribution in [0.1, 0.15) is 44.8 Å². The number of nitrogens with zero attached hydrogens (tertiary/aromatic N) is 3. The van der Waals surface area contributed by atoms with E-state index in [9.17, 15) is 4.39 Å². The first-order valence-electron chi connectivity index (χ1n) is 9.64. The molecule has 4 N–H and O–H groups in total. The third kappa shape index (κ3) is 3.55.